The number of hydrogen-bond donors (Lipinski definition) is 2. The van der Waals surface area contributed by atoms with Crippen LogP contribution in [0, 0.1) is 6.92 Å². The van der Waals surface area contributed by atoms with Crippen LogP contribution in [-0.4, -0.2) is 37.9 Å². The molecule has 196 valence electrons. The Morgan fingerprint density at radius 3 is 2.38 bits per heavy atom. The van der Waals surface area contributed by atoms with Gasteiger partial charge in [0.15, 0.2) is 0 Å². The van der Waals surface area contributed by atoms with Crippen LogP contribution in [0.1, 0.15) is 18.4 Å². The number of hydrogen-bond acceptors (Lipinski definition) is 5. The highest BCUT2D eigenvalue weighted by molar-refractivity contribution is 5.86. The predicted octanol–water partition coefficient (Wildman–Crippen LogP) is 5.81. The van der Waals surface area contributed by atoms with E-state index in [0.29, 0.717) is 17.7 Å². The number of aryl methyl sites for hydroxylation is 1. The maximum Gasteiger partial charge on any atom is 0.258 e. The van der Waals surface area contributed by atoms with Crippen LogP contribution in [-0.2, 0) is 7.05 Å². The van der Waals surface area contributed by atoms with Gasteiger partial charge in [-0.15, -0.1) is 12.4 Å². The van der Waals surface area contributed by atoms with Gasteiger partial charge in [-0.1, -0.05) is 18.2 Å². The molecule has 1 heterocycles. The molecule has 0 unspecified atom stereocenters. The summed E-state index contributed by atoms with van der Waals surface area (Å²) in [6.45, 7) is 5.62. The van der Waals surface area contributed by atoms with E-state index in [9.17, 15) is 4.79 Å². The van der Waals surface area contributed by atoms with Crippen molar-refractivity contribution in [3.8, 4) is 22.8 Å². The SMILES string of the molecule is COc1ccc2cc(-c3ccc(OCCCNCCCNc4cccc(C)c4)cc3)n(C)c(=O)c2c1.Cl. The van der Waals surface area contributed by atoms with Gasteiger partial charge in [-0.2, -0.15) is 0 Å². The Balaban J connectivity index is 0.00000380. The first-order chi connectivity index (χ1) is 17.5. The first kappa shape index (κ1) is 28.1. The fraction of sp³-hybridized carbons (Fsp3) is 0.300. The van der Waals surface area contributed by atoms with Gasteiger partial charge in [0.25, 0.3) is 5.56 Å². The Kier molecular flexibility index (Phi) is 10.4. The molecular weight excluding hydrogens is 486 g/mol. The number of pyridine rings is 1. The van der Waals surface area contributed by atoms with Gasteiger partial charge < -0.3 is 24.7 Å². The molecule has 0 aliphatic rings. The number of fused-ring (bicyclic) bond motifs is 1. The van der Waals surface area contributed by atoms with Crippen LogP contribution >= 0.6 is 12.4 Å². The standard InChI is InChI=1S/C30H35N3O3.ClH/c1-22-7-4-8-25(19-22)32-17-5-15-31-16-6-18-36-26-12-9-23(10-13-26)29-20-24-11-14-27(35-3)21-28(24)30(34)33(29)2;/h4,7-14,19-21,31-32H,5-6,15-18H2,1-3H3;1H. The minimum Gasteiger partial charge on any atom is -0.497 e. The smallest absolute Gasteiger partial charge is 0.258 e. The summed E-state index contributed by atoms with van der Waals surface area (Å²) < 4.78 is 12.9. The van der Waals surface area contributed by atoms with Crippen LogP contribution in [0.2, 0.25) is 0 Å². The molecule has 7 heteroatoms. The summed E-state index contributed by atoms with van der Waals surface area (Å²) >= 11 is 0. The van der Waals surface area contributed by atoms with E-state index in [2.05, 4.69) is 41.8 Å². The molecule has 0 radical (unpaired) electrons. The lowest BCUT2D eigenvalue weighted by molar-refractivity contribution is 0.308. The highest BCUT2D eigenvalue weighted by Gasteiger charge is 2.10. The van der Waals surface area contributed by atoms with Crippen molar-refractivity contribution >= 4 is 28.9 Å². The number of nitrogens with zero attached hydrogens (tertiary/aromatic N) is 1. The van der Waals surface area contributed by atoms with Gasteiger partial charge in [0, 0.05) is 19.3 Å². The molecule has 0 spiro atoms. The second-order valence-corrected chi connectivity index (χ2v) is 8.97. The second kappa shape index (κ2) is 13.7. The van der Waals surface area contributed by atoms with Crippen molar-refractivity contribution in [1.29, 1.82) is 0 Å². The van der Waals surface area contributed by atoms with Crippen LogP contribution < -0.4 is 25.7 Å². The molecule has 0 aliphatic heterocycles. The average Bonchev–Trinajstić information content (AvgIpc) is 2.90. The lowest BCUT2D eigenvalue weighted by atomic mass is 10.1. The van der Waals surface area contributed by atoms with Crippen LogP contribution in [0.3, 0.4) is 0 Å². The Labute approximate surface area is 225 Å². The highest BCUT2D eigenvalue weighted by atomic mass is 35.5. The topological polar surface area (TPSA) is 64.5 Å². The maximum absolute atomic E-state index is 12.9. The van der Waals surface area contributed by atoms with Crippen LogP contribution in [0.4, 0.5) is 5.69 Å². The molecule has 6 nitrogen and oxygen atoms in total. The molecule has 1 aromatic heterocycles. The summed E-state index contributed by atoms with van der Waals surface area (Å²) in [7, 11) is 3.40. The molecule has 0 saturated heterocycles. The van der Waals surface area contributed by atoms with Crippen LogP contribution in [0.25, 0.3) is 22.0 Å². The summed E-state index contributed by atoms with van der Waals surface area (Å²) in [6.07, 6.45) is 2.01. The summed E-state index contributed by atoms with van der Waals surface area (Å²) in [4.78, 5) is 12.9. The van der Waals surface area contributed by atoms with Crippen molar-refractivity contribution in [2.75, 3.05) is 38.7 Å². The summed E-state index contributed by atoms with van der Waals surface area (Å²) in [5, 5.41) is 8.48. The van der Waals surface area contributed by atoms with E-state index in [1.165, 1.54) is 11.3 Å². The molecule has 2 N–H and O–H groups in total. The van der Waals surface area contributed by atoms with Gasteiger partial charge in [0.05, 0.1) is 24.8 Å². The quantitative estimate of drug-likeness (QED) is 0.230. The third-order valence-electron chi connectivity index (χ3n) is 6.24. The Morgan fingerprint density at radius 2 is 1.62 bits per heavy atom. The fourth-order valence-electron chi connectivity index (χ4n) is 4.22. The van der Waals surface area contributed by atoms with Crippen molar-refractivity contribution in [3.05, 3.63) is 88.7 Å². The lowest BCUT2D eigenvalue weighted by Crippen LogP contribution is -2.20. The molecule has 0 bridgehead atoms. The molecule has 0 aliphatic carbocycles. The molecule has 4 aromatic rings. The zero-order valence-corrected chi connectivity index (χ0v) is 22.6. The summed E-state index contributed by atoms with van der Waals surface area (Å²) in [5.74, 6) is 1.51. The van der Waals surface area contributed by atoms with E-state index in [1.54, 1.807) is 24.8 Å². The number of anilines is 1. The van der Waals surface area contributed by atoms with Crippen molar-refractivity contribution in [3.63, 3.8) is 0 Å². The minimum absolute atomic E-state index is 0. The van der Waals surface area contributed by atoms with Crippen LogP contribution in [0.5, 0.6) is 11.5 Å². The molecule has 37 heavy (non-hydrogen) atoms. The average molecular weight is 522 g/mol. The molecule has 0 saturated carbocycles. The van der Waals surface area contributed by atoms with Gasteiger partial charge in [-0.3, -0.25) is 4.79 Å². The first-order valence-electron chi connectivity index (χ1n) is 12.5. The number of nitrogens with one attached hydrogen (secondary N) is 2. The van der Waals surface area contributed by atoms with Crippen molar-refractivity contribution in [1.82, 2.24) is 9.88 Å². The van der Waals surface area contributed by atoms with Crippen LogP contribution in [0.15, 0.2) is 77.6 Å². The number of benzene rings is 3. The van der Waals surface area contributed by atoms with E-state index in [1.807, 2.05) is 42.5 Å². The Bertz CT molecular complexity index is 1350. The number of ether oxygens (including phenoxy) is 2. The van der Waals surface area contributed by atoms with Gasteiger partial charge in [0.1, 0.15) is 11.5 Å². The third kappa shape index (κ3) is 7.51. The number of methoxy groups -OCH3 is 1. The van der Waals surface area contributed by atoms with E-state index < -0.39 is 0 Å². The zero-order valence-electron chi connectivity index (χ0n) is 21.8. The van der Waals surface area contributed by atoms with Gasteiger partial charge >= 0.3 is 0 Å². The molecule has 0 fully saturated rings. The van der Waals surface area contributed by atoms with E-state index in [-0.39, 0.29) is 18.0 Å². The van der Waals surface area contributed by atoms with Crippen molar-refractivity contribution in [2.45, 2.75) is 19.8 Å². The monoisotopic (exact) mass is 521 g/mol. The Hall–Kier alpha value is -3.48. The molecule has 3 aromatic carbocycles. The van der Waals surface area contributed by atoms with E-state index in [4.69, 9.17) is 9.47 Å². The lowest BCUT2D eigenvalue weighted by Gasteiger charge is -2.12. The fourth-order valence-corrected chi connectivity index (χ4v) is 4.22. The van der Waals surface area contributed by atoms with Gasteiger partial charge in [-0.25, -0.2) is 0 Å². The minimum atomic E-state index is -0.0415. The molecule has 0 amide bonds. The van der Waals surface area contributed by atoms with Gasteiger partial charge in [-0.05, 0) is 104 Å². The third-order valence-corrected chi connectivity index (χ3v) is 6.24. The van der Waals surface area contributed by atoms with Crippen molar-refractivity contribution < 1.29 is 9.47 Å². The summed E-state index contributed by atoms with van der Waals surface area (Å²) in [6, 6.07) is 24.0. The highest BCUT2D eigenvalue weighted by Crippen LogP contribution is 2.26. The van der Waals surface area contributed by atoms with E-state index in [0.717, 1.165) is 54.9 Å². The Morgan fingerprint density at radius 1 is 0.865 bits per heavy atom. The molecule has 4 rings (SSSR count). The van der Waals surface area contributed by atoms with Gasteiger partial charge in [0.2, 0.25) is 0 Å². The maximum atomic E-state index is 12.9. The first-order valence-corrected chi connectivity index (χ1v) is 12.5. The second-order valence-electron chi connectivity index (χ2n) is 8.97. The summed E-state index contributed by atoms with van der Waals surface area (Å²) in [5.41, 5.74) is 4.25. The normalized spacial score (nSPS) is 10.7. The number of aromatic nitrogens is 1. The van der Waals surface area contributed by atoms with Crippen molar-refractivity contribution in [2.24, 2.45) is 7.05 Å². The number of rotatable bonds is 12. The molecule has 0 atom stereocenters. The predicted molar refractivity (Wildman–Crippen MR) is 156 cm³/mol. The zero-order chi connectivity index (χ0) is 25.3. The largest absolute Gasteiger partial charge is 0.497 e. The number of halogens is 1. The molecular formula is C30H36ClN3O3. The van der Waals surface area contributed by atoms with E-state index >= 15 is 0 Å².